The second-order valence-corrected chi connectivity index (χ2v) is 7.02. The van der Waals surface area contributed by atoms with Gasteiger partial charge in [-0.3, -0.25) is 9.59 Å². The number of ether oxygens (including phenoxy) is 1. The molecule has 1 heterocycles. The van der Waals surface area contributed by atoms with Crippen LogP contribution in [0.4, 0.5) is 0 Å². The molecule has 0 fully saturated rings. The number of hydrogen-bond acceptors (Lipinski definition) is 6. The quantitative estimate of drug-likeness (QED) is 0.424. The van der Waals surface area contributed by atoms with Crippen LogP contribution < -0.4 is 0 Å². The van der Waals surface area contributed by atoms with Gasteiger partial charge in [0.1, 0.15) is 5.69 Å². The molecule has 31 heavy (non-hydrogen) atoms. The van der Waals surface area contributed by atoms with Crippen molar-refractivity contribution in [1.82, 2.24) is 15.0 Å². The van der Waals surface area contributed by atoms with Gasteiger partial charge in [0.25, 0.3) is 0 Å². The van der Waals surface area contributed by atoms with E-state index in [1.165, 1.54) is 11.8 Å². The van der Waals surface area contributed by atoms with Gasteiger partial charge in [-0.1, -0.05) is 53.7 Å². The number of hydrogen-bond donors (Lipinski definition) is 0. The molecule has 0 saturated heterocycles. The van der Waals surface area contributed by atoms with Gasteiger partial charge in [0.05, 0.1) is 18.4 Å². The molecule has 3 aromatic carbocycles. The van der Waals surface area contributed by atoms with E-state index in [1.807, 2.05) is 18.2 Å². The van der Waals surface area contributed by atoms with Crippen molar-refractivity contribution in [1.29, 1.82) is 0 Å². The molecule has 0 atom stereocenters. The summed E-state index contributed by atoms with van der Waals surface area (Å²) < 4.78 is 6.16. The first kappa shape index (κ1) is 18.6. The Hall–Kier alpha value is -4.39. The average molecular weight is 409 g/mol. The first-order valence-electron chi connectivity index (χ1n) is 9.52. The largest absolute Gasteiger partial charge is 0.465 e. The van der Waals surface area contributed by atoms with E-state index in [4.69, 9.17) is 4.74 Å². The lowest BCUT2D eigenvalue weighted by Gasteiger charge is -2.14. The fourth-order valence-electron chi connectivity index (χ4n) is 3.69. The standard InChI is InChI=1S/C24H15N3O4/c1-31-24(30)16-6-4-5-15(13-16)14-9-11-17(12-10-14)27-21-20(25-26-27)22(28)18-7-2-3-8-19(18)23(21)29/h2-13H,1H3. The minimum Gasteiger partial charge on any atom is -0.465 e. The summed E-state index contributed by atoms with van der Waals surface area (Å²) >= 11 is 0. The third-order valence-electron chi connectivity index (χ3n) is 5.25. The lowest BCUT2D eigenvalue weighted by molar-refractivity contribution is 0.0600. The van der Waals surface area contributed by atoms with Crippen LogP contribution in [0.1, 0.15) is 42.5 Å². The van der Waals surface area contributed by atoms with E-state index in [9.17, 15) is 14.4 Å². The molecule has 150 valence electrons. The highest BCUT2D eigenvalue weighted by atomic mass is 16.5. The van der Waals surface area contributed by atoms with Crippen molar-refractivity contribution in [2.24, 2.45) is 0 Å². The summed E-state index contributed by atoms with van der Waals surface area (Å²) in [5.41, 5.74) is 3.67. The molecular weight excluding hydrogens is 394 g/mol. The van der Waals surface area contributed by atoms with Crippen molar-refractivity contribution < 1.29 is 19.1 Å². The molecule has 0 N–H and O–H groups in total. The van der Waals surface area contributed by atoms with E-state index in [0.717, 1.165) is 11.1 Å². The summed E-state index contributed by atoms with van der Waals surface area (Å²) in [4.78, 5) is 37.6. The number of aromatic nitrogens is 3. The van der Waals surface area contributed by atoms with Crippen molar-refractivity contribution >= 4 is 17.5 Å². The smallest absolute Gasteiger partial charge is 0.337 e. The predicted octanol–water partition coefficient (Wildman–Crippen LogP) is 3.50. The maximum Gasteiger partial charge on any atom is 0.337 e. The maximum absolute atomic E-state index is 13.0. The fourth-order valence-corrected chi connectivity index (χ4v) is 3.69. The Morgan fingerprint density at radius 1 is 0.839 bits per heavy atom. The SMILES string of the molecule is COC(=O)c1cccc(-c2ccc(-n3nnc4c3C(=O)c3ccccc3C4=O)cc2)c1. The minimum absolute atomic E-state index is 0.0542. The van der Waals surface area contributed by atoms with Crippen LogP contribution in [-0.4, -0.2) is 39.6 Å². The molecule has 0 amide bonds. The summed E-state index contributed by atoms with van der Waals surface area (Å²) in [6.07, 6.45) is 0. The van der Waals surface area contributed by atoms with Crippen LogP contribution in [-0.2, 0) is 4.74 Å². The van der Waals surface area contributed by atoms with Gasteiger partial charge in [-0.15, -0.1) is 5.10 Å². The van der Waals surface area contributed by atoms with Crippen molar-refractivity contribution in [3.05, 3.63) is 101 Å². The second kappa shape index (κ2) is 7.14. The summed E-state index contributed by atoms with van der Waals surface area (Å²) in [6, 6.07) is 21.1. The van der Waals surface area contributed by atoms with Gasteiger partial charge in [0, 0.05) is 11.1 Å². The number of esters is 1. The monoisotopic (exact) mass is 409 g/mol. The van der Waals surface area contributed by atoms with Crippen LogP contribution in [0.25, 0.3) is 16.8 Å². The number of ketones is 2. The lowest BCUT2D eigenvalue weighted by Crippen LogP contribution is -2.22. The number of rotatable bonds is 3. The van der Waals surface area contributed by atoms with E-state index in [0.29, 0.717) is 22.4 Å². The summed E-state index contributed by atoms with van der Waals surface area (Å²) in [5, 5.41) is 8.04. The summed E-state index contributed by atoms with van der Waals surface area (Å²) in [7, 11) is 1.34. The van der Waals surface area contributed by atoms with Crippen LogP contribution in [0.5, 0.6) is 0 Å². The molecule has 7 nitrogen and oxygen atoms in total. The Bertz CT molecular complexity index is 1370. The summed E-state index contributed by atoms with van der Waals surface area (Å²) in [6.45, 7) is 0. The number of methoxy groups -OCH3 is 1. The molecule has 0 spiro atoms. The molecule has 4 aromatic rings. The van der Waals surface area contributed by atoms with E-state index < -0.39 is 5.97 Å². The van der Waals surface area contributed by atoms with Crippen LogP contribution in [0.15, 0.2) is 72.8 Å². The first-order chi connectivity index (χ1) is 15.1. The first-order valence-corrected chi connectivity index (χ1v) is 9.52. The lowest BCUT2D eigenvalue weighted by atomic mass is 9.90. The Balaban J connectivity index is 1.53. The number of carbonyl (C=O) groups is 3. The van der Waals surface area contributed by atoms with Crippen LogP contribution in [0, 0.1) is 0 Å². The van der Waals surface area contributed by atoms with E-state index in [2.05, 4.69) is 10.3 Å². The van der Waals surface area contributed by atoms with E-state index in [1.54, 1.807) is 54.6 Å². The molecule has 5 rings (SSSR count). The van der Waals surface area contributed by atoms with Gasteiger partial charge in [0.2, 0.25) is 11.6 Å². The van der Waals surface area contributed by atoms with Crippen molar-refractivity contribution in [3.63, 3.8) is 0 Å². The number of fused-ring (bicyclic) bond motifs is 2. The van der Waals surface area contributed by atoms with Gasteiger partial charge in [0.15, 0.2) is 5.69 Å². The normalized spacial score (nSPS) is 12.3. The molecule has 1 aliphatic rings. The average Bonchev–Trinajstić information content (AvgIpc) is 3.28. The van der Waals surface area contributed by atoms with Crippen molar-refractivity contribution in [3.8, 4) is 16.8 Å². The van der Waals surface area contributed by atoms with Crippen LogP contribution >= 0.6 is 0 Å². The second-order valence-electron chi connectivity index (χ2n) is 7.02. The third-order valence-corrected chi connectivity index (χ3v) is 5.25. The minimum atomic E-state index is -0.406. The Kier molecular flexibility index (Phi) is 4.29. The van der Waals surface area contributed by atoms with Gasteiger partial charge >= 0.3 is 5.97 Å². The van der Waals surface area contributed by atoms with Gasteiger partial charge < -0.3 is 4.74 Å². The Labute approximate surface area is 176 Å². The zero-order valence-corrected chi connectivity index (χ0v) is 16.4. The van der Waals surface area contributed by atoms with Crippen molar-refractivity contribution in [2.45, 2.75) is 0 Å². The molecule has 0 radical (unpaired) electrons. The molecule has 7 heteroatoms. The Morgan fingerprint density at radius 3 is 2.26 bits per heavy atom. The maximum atomic E-state index is 13.0. The van der Waals surface area contributed by atoms with Crippen molar-refractivity contribution in [2.75, 3.05) is 7.11 Å². The van der Waals surface area contributed by atoms with E-state index >= 15 is 0 Å². The molecule has 0 saturated carbocycles. The number of carbonyl (C=O) groups excluding carboxylic acids is 3. The number of nitrogens with zero attached hydrogens (tertiary/aromatic N) is 3. The molecule has 0 unspecified atom stereocenters. The third kappa shape index (κ3) is 2.95. The highest BCUT2D eigenvalue weighted by molar-refractivity contribution is 6.27. The van der Waals surface area contributed by atoms with E-state index in [-0.39, 0.29) is 23.0 Å². The highest BCUT2D eigenvalue weighted by Gasteiger charge is 2.35. The summed E-state index contributed by atoms with van der Waals surface area (Å²) in [5.74, 6) is -1.01. The highest BCUT2D eigenvalue weighted by Crippen LogP contribution is 2.28. The zero-order chi connectivity index (χ0) is 21.5. The van der Waals surface area contributed by atoms with Gasteiger partial charge in [-0.2, -0.15) is 0 Å². The fraction of sp³-hybridized carbons (Fsp3) is 0.0417. The Morgan fingerprint density at radius 2 is 1.55 bits per heavy atom. The van der Waals surface area contributed by atoms with Gasteiger partial charge in [-0.25, -0.2) is 9.48 Å². The molecule has 1 aliphatic carbocycles. The zero-order valence-electron chi connectivity index (χ0n) is 16.4. The molecule has 0 bridgehead atoms. The number of benzene rings is 3. The molecular formula is C24H15N3O4. The topological polar surface area (TPSA) is 91.2 Å². The predicted molar refractivity (Wildman–Crippen MR) is 111 cm³/mol. The van der Waals surface area contributed by atoms with Gasteiger partial charge in [-0.05, 0) is 35.4 Å². The van der Waals surface area contributed by atoms with Crippen LogP contribution in [0.3, 0.4) is 0 Å². The molecule has 1 aromatic heterocycles. The molecule has 0 aliphatic heterocycles. The van der Waals surface area contributed by atoms with Crippen LogP contribution in [0.2, 0.25) is 0 Å².